The van der Waals surface area contributed by atoms with Crippen LogP contribution in [0.15, 0.2) is 54.7 Å². The number of amides is 2. The Labute approximate surface area is 184 Å². The average Bonchev–Trinajstić information content (AvgIpc) is 3.29. The van der Waals surface area contributed by atoms with E-state index in [0.29, 0.717) is 0 Å². The lowest BCUT2D eigenvalue weighted by Gasteiger charge is -2.14. The molecule has 9 nitrogen and oxygen atoms in total. The highest BCUT2D eigenvalue weighted by Gasteiger charge is 2.29. The lowest BCUT2D eigenvalue weighted by Crippen LogP contribution is -2.27. The molecule has 1 aliphatic carbocycles. The Kier molecular flexibility index (Phi) is 5.89. The van der Waals surface area contributed by atoms with E-state index in [1.165, 1.54) is 10.9 Å². The third kappa shape index (κ3) is 4.31. The van der Waals surface area contributed by atoms with Gasteiger partial charge in [0, 0.05) is 25.7 Å². The van der Waals surface area contributed by atoms with Crippen LogP contribution in [0.1, 0.15) is 33.8 Å². The van der Waals surface area contributed by atoms with Crippen molar-refractivity contribution in [2.45, 2.75) is 12.3 Å². The number of hydrogen-bond donors (Lipinski definition) is 3. The maximum absolute atomic E-state index is 12.5. The lowest BCUT2D eigenvalue weighted by atomic mass is 9.98. The summed E-state index contributed by atoms with van der Waals surface area (Å²) in [5.74, 6) is -1.60. The van der Waals surface area contributed by atoms with E-state index >= 15 is 0 Å². The van der Waals surface area contributed by atoms with Gasteiger partial charge in [0.25, 0.3) is 5.91 Å². The molecule has 0 unspecified atom stereocenters. The standard InChI is InChI=1S/C23H22N4O5/c1-27-12-18(22(30)24-11-10-20(28)29)21(26-27)25-23(31)32-13-19-16-8-4-2-6-14(16)15-7-3-5-9-17(15)19/h2-9,12,19H,10-11,13H2,1H3,(H,24,30)(H,28,29)(H,25,26,31). The van der Waals surface area contributed by atoms with Crippen LogP contribution in [0.2, 0.25) is 0 Å². The Hall–Kier alpha value is -4.14. The predicted octanol–water partition coefficient (Wildman–Crippen LogP) is 2.99. The molecule has 1 heterocycles. The summed E-state index contributed by atoms with van der Waals surface area (Å²) >= 11 is 0. The number of benzene rings is 2. The molecule has 4 rings (SSSR count). The second-order valence-corrected chi connectivity index (χ2v) is 7.42. The van der Waals surface area contributed by atoms with Gasteiger partial charge in [-0.15, -0.1) is 0 Å². The minimum Gasteiger partial charge on any atom is -0.481 e. The summed E-state index contributed by atoms with van der Waals surface area (Å²) < 4.78 is 6.87. The van der Waals surface area contributed by atoms with Gasteiger partial charge < -0.3 is 15.2 Å². The maximum Gasteiger partial charge on any atom is 0.412 e. The molecule has 0 bridgehead atoms. The van der Waals surface area contributed by atoms with E-state index in [9.17, 15) is 14.4 Å². The van der Waals surface area contributed by atoms with Crippen molar-refractivity contribution in [2.24, 2.45) is 7.05 Å². The van der Waals surface area contributed by atoms with Crippen LogP contribution in [-0.4, -0.2) is 46.0 Å². The number of aryl methyl sites for hydroxylation is 1. The molecule has 32 heavy (non-hydrogen) atoms. The van der Waals surface area contributed by atoms with E-state index < -0.39 is 18.0 Å². The van der Waals surface area contributed by atoms with Crippen LogP contribution in [0, 0.1) is 0 Å². The topological polar surface area (TPSA) is 123 Å². The van der Waals surface area contributed by atoms with Crippen LogP contribution in [0.25, 0.3) is 11.1 Å². The summed E-state index contributed by atoms with van der Waals surface area (Å²) in [5, 5.41) is 17.8. The maximum atomic E-state index is 12.5. The highest BCUT2D eigenvalue weighted by atomic mass is 16.5. The summed E-state index contributed by atoms with van der Waals surface area (Å²) in [6.07, 6.45) is 0.501. The number of ether oxygens (including phenoxy) is 1. The van der Waals surface area contributed by atoms with Crippen molar-refractivity contribution in [3.63, 3.8) is 0 Å². The summed E-state index contributed by atoms with van der Waals surface area (Å²) in [4.78, 5) is 35.4. The molecule has 0 saturated heterocycles. The first-order chi connectivity index (χ1) is 15.4. The number of nitrogens with zero attached hydrogens (tertiary/aromatic N) is 2. The van der Waals surface area contributed by atoms with Gasteiger partial charge in [0.1, 0.15) is 12.2 Å². The van der Waals surface area contributed by atoms with Gasteiger partial charge in [0.05, 0.1) is 6.42 Å². The Morgan fingerprint density at radius 1 is 1.06 bits per heavy atom. The van der Waals surface area contributed by atoms with E-state index in [-0.39, 0.29) is 36.9 Å². The van der Waals surface area contributed by atoms with E-state index in [2.05, 4.69) is 27.9 Å². The average molecular weight is 434 g/mol. The summed E-state index contributed by atoms with van der Waals surface area (Å²) in [6.45, 7) is 0.0975. The van der Waals surface area contributed by atoms with Crippen molar-refractivity contribution in [2.75, 3.05) is 18.5 Å². The number of carbonyl (C=O) groups excluding carboxylic acids is 2. The van der Waals surface area contributed by atoms with Crippen molar-refractivity contribution < 1.29 is 24.2 Å². The summed E-state index contributed by atoms with van der Waals surface area (Å²) in [7, 11) is 1.61. The Morgan fingerprint density at radius 2 is 1.69 bits per heavy atom. The van der Waals surface area contributed by atoms with Gasteiger partial charge in [-0.05, 0) is 22.3 Å². The van der Waals surface area contributed by atoms with Gasteiger partial charge in [-0.1, -0.05) is 48.5 Å². The SMILES string of the molecule is Cn1cc(C(=O)NCCC(=O)O)c(NC(=O)OCC2c3ccccc3-c3ccccc32)n1. The molecule has 0 spiro atoms. The zero-order valence-corrected chi connectivity index (χ0v) is 17.4. The fourth-order valence-electron chi connectivity index (χ4n) is 3.86. The molecule has 0 radical (unpaired) electrons. The number of fused-ring (bicyclic) bond motifs is 3. The van der Waals surface area contributed by atoms with Crippen LogP contribution >= 0.6 is 0 Å². The molecule has 0 fully saturated rings. The van der Waals surface area contributed by atoms with Crippen molar-refractivity contribution in [3.8, 4) is 11.1 Å². The monoisotopic (exact) mass is 434 g/mol. The van der Waals surface area contributed by atoms with Crippen LogP contribution in [0.3, 0.4) is 0 Å². The van der Waals surface area contributed by atoms with Crippen LogP contribution < -0.4 is 10.6 Å². The third-order valence-corrected chi connectivity index (χ3v) is 5.26. The Bertz CT molecular complexity index is 1140. The Balaban J connectivity index is 1.42. The van der Waals surface area contributed by atoms with Gasteiger partial charge in [0.15, 0.2) is 5.82 Å². The molecular weight excluding hydrogens is 412 g/mol. The van der Waals surface area contributed by atoms with Crippen molar-refractivity contribution in [1.29, 1.82) is 0 Å². The molecule has 9 heteroatoms. The predicted molar refractivity (Wildman–Crippen MR) is 116 cm³/mol. The molecule has 1 aliphatic rings. The number of rotatable bonds is 7. The number of nitrogens with one attached hydrogen (secondary N) is 2. The molecular formula is C23H22N4O5. The van der Waals surface area contributed by atoms with Crippen LogP contribution in [-0.2, 0) is 16.6 Å². The molecule has 2 aromatic carbocycles. The molecule has 0 atom stereocenters. The summed E-state index contributed by atoms with van der Waals surface area (Å²) in [6, 6.07) is 16.0. The fraction of sp³-hybridized carbons (Fsp3) is 0.217. The first kappa shape index (κ1) is 21.1. The molecule has 3 aromatic rings. The van der Waals surface area contributed by atoms with Crippen molar-refractivity contribution in [3.05, 3.63) is 71.4 Å². The van der Waals surface area contributed by atoms with E-state index in [4.69, 9.17) is 9.84 Å². The van der Waals surface area contributed by atoms with Crippen molar-refractivity contribution >= 4 is 23.8 Å². The lowest BCUT2D eigenvalue weighted by molar-refractivity contribution is -0.136. The van der Waals surface area contributed by atoms with Gasteiger partial charge in [-0.2, -0.15) is 5.10 Å². The fourth-order valence-corrected chi connectivity index (χ4v) is 3.86. The number of carboxylic acid groups (broad SMARTS) is 1. The number of aromatic nitrogens is 2. The van der Waals surface area contributed by atoms with Gasteiger partial charge in [-0.3, -0.25) is 19.6 Å². The largest absolute Gasteiger partial charge is 0.481 e. The van der Waals surface area contributed by atoms with Crippen molar-refractivity contribution in [1.82, 2.24) is 15.1 Å². The van der Waals surface area contributed by atoms with Gasteiger partial charge in [0.2, 0.25) is 0 Å². The molecule has 164 valence electrons. The van der Waals surface area contributed by atoms with Gasteiger partial charge >= 0.3 is 12.1 Å². The number of anilines is 1. The number of aliphatic carboxylic acids is 1. The molecule has 0 aliphatic heterocycles. The third-order valence-electron chi connectivity index (χ3n) is 5.26. The normalized spacial score (nSPS) is 12.0. The van der Waals surface area contributed by atoms with E-state index in [1.807, 2.05) is 36.4 Å². The molecule has 3 N–H and O–H groups in total. The highest BCUT2D eigenvalue weighted by Crippen LogP contribution is 2.44. The first-order valence-corrected chi connectivity index (χ1v) is 10.1. The summed E-state index contributed by atoms with van der Waals surface area (Å²) in [5.41, 5.74) is 4.56. The zero-order chi connectivity index (χ0) is 22.7. The van der Waals surface area contributed by atoms with Crippen LogP contribution in [0.4, 0.5) is 10.6 Å². The number of carbonyl (C=O) groups is 3. The smallest absolute Gasteiger partial charge is 0.412 e. The first-order valence-electron chi connectivity index (χ1n) is 10.1. The minimum absolute atomic E-state index is 0.0343. The van der Waals surface area contributed by atoms with E-state index in [0.717, 1.165) is 22.3 Å². The van der Waals surface area contributed by atoms with E-state index in [1.54, 1.807) is 7.05 Å². The highest BCUT2D eigenvalue weighted by molar-refractivity contribution is 6.01. The van der Waals surface area contributed by atoms with Crippen LogP contribution in [0.5, 0.6) is 0 Å². The number of hydrogen-bond acceptors (Lipinski definition) is 5. The second-order valence-electron chi connectivity index (χ2n) is 7.42. The molecule has 0 saturated carbocycles. The quantitative estimate of drug-likeness (QED) is 0.525. The number of carboxylic acids is 1. The minimum atomic E-state index is -1.02. The van der Waals surface area contributed by atoms with Gasteiger partial charge in [-0.25, -0.2) is 4.79 Å². The molecule has 2 amide bonds. The second kappa shape index (κ2) is 8.93. The molecule has 1 aromatic heterocycles. The Morgan fingerprint density at radius 3 is 2.31 bits per heavy atom. The zero-order valence-electron chi connectivity index (χ0n) is 17.4.